The average molecular weight is 636 g/mol. The number of carbonyl (C=O) groups is 4. The number of carboxylic acid groups (broad SMARTS) is 1. The zero-order valence-electron chi connectivity index (χ0n) is 26.9. The number of imidazole rings is 1. The van der Waals surface area contributed by atoms with Crippen LogP contribution in [0.2, 0.25) is 0 Å². The maximum atomic E-state index is 14.0. The molecule has 11 heteroatoms. The standard InChI is InChI=1S/C35H49N5O6/c1-4-26(23(2)3)19-31(41)28(17-24-11-7-5-8-12-24)39-35(46)30(20-27-21-36-22-37-27)40-34(45)29(18-25-13-9-6-10-14-25)38-32(42)15-16-33(43)44/h4,6,9-10,13-16,21-24,26,28-31,41H,1,5,7-8,11-12,17-20H2,2-3H3,(H,36,37)(H,38,42)(H,39,46)(H,40,45)(H,43,44)/b16-15+/t26-,28-,29-,30-,31-/m0/s1. The van der Waals surface area contributed by atoms with Gasteiger partial charge in [0.05, 0.1) is 24.2 Å². The van der Waals surface area contributed by atoms with Crippen LogP contribution in [0.4, 0.5) is 0 Å². The van der Waals surface area contributed by atoms with E-state index in [1.54, 1.807) is 30.5 Å². The Labute approximate surface area is 271 Å². The van der Waals surface area contributed by atoms with Crippen molar-refractivity contribution in [1.29, 1.82) is 0 Å². The van der Waals surface area contributed by atoms with Crippen molar-refractivity contribution in [2.24, 2.45) is 17.8 Å². The fraction of sp³-hybridized carbons (Fsp3) is 0.514. The van der Waals surface area contributed by atoms with Crippen LogP contribution < -0.4 is 16.0 Å². The summed E-state index contributed by atoms with van der Waals surface area (Å²) in [5.74, 6) is -2.43. The molecule has 1 aliphatic carbocycles. The van der Waals surface area contributed by atoms with Gasteiger partial charge in [-0.2, -0.15) is 0 Å². The summed E-state index contributed by atoms with van der Waals surface area (Å²) in [5, 5.41) is 28.8. The lowest BCUT2D eigenvalue weighted by Crippen LogP contribution is -2.57. The van der Waals surface area contributed by atoms with Crippen LogP contribution in [0.5, 0.6) is 0 Å². The van der Waals surface area contributed by atoms with E-state index >= 15 is 0 Å². The van der Waals surface area contributed by atoms with Gasteiger partial charge in [0.1, 0.15) is 12.1 Å². The highest BCUT2D eigenvalue weighted by atomic mass is 16.4. The quantitative estimate of drug-likeness (QED) is 0.107. The summed E-state index contributed by atoms with van der Waals surface area (Å²) in [7, 11) is 0. The number of nitrogens with one attached hydrogen (secondary N) is 4. The number of H-pyrrole nitrogens is 1. The fourth-order valence-corrected chi connectivity index (χ4v) is 5.98. The van der Waals surface area contributed by atoms with E-state index in [0.717, 1.165) is 37.3 Å². The molecule has 6 N–H and O–H groups in total. The monoisotopic (exact) mass is 635 g/mol. The van der Waals surface area contributed by atoms with Crippen LogP contribution in [-0.4, -0.2) is 68.1 Å². The number of aromatic nitrogens is 2. The zero-order chi connectivity index (χ0) is 33.5. The fourth-order valence-electron chi connectivity index (χ4n) is 5.98. The minimum absolute atomic E-state index is 0.0675. The van der Waals surface area contributed by atoms with Gasteiger partial charge in [-0.15, -0.1) is 6.58 Å². The third-order valence-corrected chi connectivity index (χ3v) is 8.67. The summed E-state index contributed by atoms with van der Waals surface area (Å²) in [6, 6.07) is 6.34. The molecule has 1 saturated carbocycles. The zero-order valence-corrected chi connectivity index (χ0v) is 26.9. The predicted octanol–water partition coefficient (Wildman–Crippen LogP) is 3.47. The molecule has 1 aromatic carbocycles. The highest BCUT2D eigenvalue weighted by Gasteiger charge is 2.32. The number of benzene rings is 1. The first-order valence-electron chi connectivity index (χ1n) is 16.2. The van der Waals surface area contributed by atoms with E-state index in [1.165, 1.54) is 12.7 Å². The second kappa shape index (κ2) is 18.7. The maximum absolute atomic E-state index is 14.0. The molecule has 0 saturated heterocycles. The van der Waals surface area contributed by atoms with E-state index in [-0.39, 0.29) is 24.7 Å². The van der Waals surface area contributed by atoms with Crippen LogP contribution in [0.1, 0.15) is 70.1 Å². The Bertz CT molecular complexity index is 1290. The molecule has 0 bridgehead atoms. The lowest BCUT2D eigenvalue weighted by atomic mass is 9.81. The van der Waals surface area contributed by atoms with E-state index in [4.69, 9.17) is 5.11 Å². The molecule has 2 aromatic rings. The van der Waals surface area contributed by atoms with Gasteiger partial charge < -0.3 is 31.1 Å². The van der Waals surface area contributed by atoms with Gasteiger partial charge in [0.25, 0.3) is 0 Å². The number of allylic oxidation sites excluding steroid dienone is 1. The molecule has 3 amide bonds. The Morgan fingerprint density at radius 3 is 2.26 bits per heavy atom. The molecule has 0 aliphatic heterocycles. The predicted molar refractivity (Wildman–Crippen MR) is 175 cm³/mol. The molecule has 1 aromatic heterocycles. The minimum Gasteiger partial charge on any atom is -0.478 e. The third-order valence-electron chi connectivity index (χ3n) is 8.67. The Morgan fingerprint density at radius 2 is 1.65 bits per heavy atom. The Balaban J connectivity index is 1.84. The smallest absolute Gasteiger partial charge is 0.328 e. The molecule has 0 spiro atoms. The average Bonchev–Trinajstić information content (AvgIpc) is 3.55. The van der Waals surface area contributed by atoms with Crippen molar-refractivity contribution < 1.29 is 29.4 Å². The molecule has 5 atom stereocenters. The van der Waals surface area contributed by atoms with Crippen molar-refractivity contribution in [3.63, 3.8) is 0 Å². The Kier molecular flexibility index (Phi) is 14.7. The van der Waals surface area contributed by atoms with Crippen molar-refractivity contribution in [2.45, 2.75) is 95.9 Å². The molecule has 3 rings (SSSR count). The second-order valence-corrected chi connectivity index (χ2v) is 12.5. The highest BCUT2D eigenvalue weighted by molar-refractivity contribution is 5.97. The molecular formula is C35H49N5O6. The second-order valence-electron chi connectivity index (χ2n) is 12.5. The number of hydrogen-bond donors (Lipinski definition) is 6. The van der Waals surface area contributed by atoms with Gasteiger partial charge in [-0.1, -0.05) is 82.4 Å². The number of aromatic amines is 1. The van der Waals surface area contributed by atoms with Crippen LogP contribution in [0.3, 0.4) is 0 Å². The number of carbonyl (C=O) groups excluding carboxylic acids is 3. The van der Waals surface area contributed by atoms with E-state index in [0.29, 0.717) is 30.5 Å². The van der Waals surface area contributed by atoms with Gasteiger partial charge in [-0.05, 0) is 36.2 Å². The number of carboxylic acids is 1. The van der Waals surface area contributed by atoms with Crippen molar-refractivity contribution >= 4 is 23.7 Å². The molecule has 1 heterocycles. The number of aliphatic hydroxyl groups is 1. The largest absolute Gasteiger partial charge is 0.478 e. The third kappa shape index (κ3) is 12.3. The van der Waals surface area contributed by atoms with Crippen molar-refractivity contribution in [3.8, 4) is 0 Å². The Hall–Kier alpha value is -4.25. The number of aliphatic carboxylic acids is 1. The van der Waals surface area contributed by atoms with Gasteiger partial charge in [-0.25, -0.2) is 9.78 Å². The molecule has 0 radical (unpaired) electrons. The van der Waals surface area contributed by atoms with Gasteiger partial charge in [0.2, 0.25) is 17.7 Å². The molecule has 1 aliphatic rings. The maximum Gasteiger partial charge on any atom is 0.328 e. The van der Waals surface area contributed by atoms with Crippen LogP contribution in [0, 0.1) is 17.8 Å². The van der Waals surface area contributed by atoms with Crippen molar-refractivity contribution in [1.82, 2.24) is 25.9 Å². The number of hydrogen-bond acceptors (Lipinski definition) is 6. The summed E-state index contributed by atoms with van der Waals surface area (Å²) in [5.41, 5.74) is 1.31. The molecular weight excluding hydrogens is 586 g/mol. The minimum atomic E-state index is -1.30. The molecule has 1 fully saturated rings. The first-order valence-corrected chi connectivity index (χ1v) is 16.2. The lowest BCUT2D eigenvalue weighted by molar-refractivity contribution is -0.132. The number of rotatable bonds is 18. The molecule has 0 unspecified atom stereocenters. The first kappa shape index (κ1) is 36.2. The lowest BCUT2D eigenvalue weighted by Gasteiger charge is -2.33. The van der Waals surface area contributed by atoms with Crippen LogP contribution >= 0.6 is 0 Å². The van der Waals surface area contributed by atoms with Gasteiger partial charge in [0, 0.05) is 31.2 Å². The highest BCUT2D eigenvalue weighted by Crippen LogP contribution is 2.30. The number of nitrogens with zero attached hydrogens (tertiary/aromatic N) is 1. The van der Waals surface area contributed by atoms with Crippen molar-refractivity contribution in [2.75, 3.05) is 0 Å². The molecule has 11 nitrogen and oxygen atoms in total. The van der Waals surface area contributed by atoms with Gasteiger partial charge >= 0.3 is 5.97 Å². The van der Waals surface area contributed by atoms with E-state index < -0.39 is 47.9 Å². The van der Waals surface area contributed by atoms with E-state index in [2.05, 4.69) is 46.3 Å². The summed E-state index contributed by atoms with van der Waals surface area (Å²) >= 11 is 0. The molecule has 46 heavy (non-hydrogen) atoms. The van der Waals surface area contributed by atoms with E-state index in [1.807, 2.05) is 12.1 Å². The first-order chi connectivity index (χ1) is 22.0. The van der Waals surface area contributed by atoms with Gasteiger partial charge in [-0.3, -0.25) is 14.4 Å². The number of aliphatic hydroxyl groups excluding tert-OH is 1. The van der Waals surface area contributed by atoms with E-state index in [9.17, 15) is 24.3 Å². The van der Waals surface area contributed by atoms with Crippen molar-refractivity contribution in [3.05, 3.63) is 78.9 Å². The summed E-state index contributed by atoms with van der Waals surface area (Å²) < 4.78 is 0. The van der Waals surface area contributed by atoms with Gasteiger partial charge in [0.15, 0.2) is 0 Å². The normalized spacial score (nSPS) is 17.0. The SMILES string of the molecule is C=C[C@@H](C[C@H](O)[C@H](CC1CCCCC1)NC(=O)[C@H](Cc1c[nH]cn1)NC(=O)[C@H](Cc1ccccc1)NC(=O)/C=C/C(=O)O)C(C)C. The Morgan fingerprint density at radius 1 is 0.978 bits per heavy atom. The summed E-state index contributed by atoms with van der Waals surface area (Å²) in [6.07, 6.45) is 12.4. The summed E-state index contributed by atoms with van der Waals surface area (Å²) in [4.78, 5) is 58.3. The van der Waals surface area contributed by atoms with Crippen LogP contribution in [-0.2, 0) is 32.0 Å². The van der Waals surface area contributed by atoms with Crippen LogP contribution in [0.15, 0.2) is 67.7 Å². The number of amides is 3. The topological polar surface area (TPSA) is 174 Å². The molecule has 250 valence electrons. The summed E-state index contributed by atoms with van der Waals surface area (Å²) in [6.45, 7) is 8.09. The van der Waals surface area contributed by atoms with Crippen LogP contribution in [0.25, 0.3) is 0 Å².